The van der Waals surface area contributed by atoms with E-state index >= 15 is 0 Å². The molecule has 80 valence electrons. The third-order valence-corrected chi connectivity index (χ3v) is 3.81. The lowest BCUT2D eigenvalue weighted by Crippen LogP contribution is -2.30. The Labute approximate surface area is 94.0 Å². The molecule has 0 heterocycles. The molecule has 0 aromatic heterocycles. The molecule has 0 aliphatic heterocycles. The predicted octanol–water partition coefficient (Wildman–Crippen LogP) is 2.47. The zero-order chi connectivity index (χ0) is 10.0. The molecule has 14 heavy (non-hydrogen) atoms. The van der Waals surface area contributed by atoms with Crippen molar-refractivity contribution in [3.05, 3.63) is 0 Å². The van der Waals surface area contributed by atoms with Crippen LogP contribution in [0.2, 0.25) is 0 Å². The van der Waals surface area contributed by atoms with Gasteiger partial charge in [0.25, 0.3) is 0 Å². The Balaban J connectivity index is 1.63. The lowest BCUT2D eigenvalue weighted by molar-refractivity contribution is -0.121. The summed E-state index contributed by atoms with van der Waals surface area (Å²) in [4.78, 5) is 11.4. The molecule has 0 saturated heterocycles. The molecule has 3 heteroatoms. The number of amides is 1. The van der Waals surface area contributed by atoms with E-state index in [1.54, 1.807) is 0 Å². The van der Waals surface area contributed by atoms with Gasteiger partial charge < -0.3 is 5.32 Å². The van der Waals surface area contributed by atoms with Crippen molar-refractivity contribution in [3.8, 4) is 0 Å². The van der Waals surface area contributed by atoms with Crippen molar-refractivity contribution < 1.29 is 4.79 Å². The van der Waals surface area contributed by atoms with Crippen molar-refractivity contribution in [2.24, 2.45) is 11.3 Å². The number of rotatable bonds is 6. The number of carbonyl (C=O) groups is 1. The first-order valence-corrected chi connectivity index (χ1v) is 6.69. The largest absolute Gasteiger partial charge is 0.356 e. The van der Waals surface area contributed by atoms with E-state index in [1.807, 2.05) is 0 Å². The summed E-state index contributed by atoms with van der Waals surface area (Å²) in [6.45, 7) is 0.907. The molecule has 2 aliphatic carbocycles. The fraction of sp³-hybridized carbons (Fsp3) is 0.909. The number of hydrogen-bond donors (Lipinski definition) is 1. The van der Waals surface area contributed by atoms with Crippen LogP contribution in [-0.4, -0.2) is 17.8 Å². The summed E-state index contributed by atoms with van der Waals surface area (Å²) >= 11 is 3.47. The highest BCUT2D eigenvalue weighted by Crippen LogP contribution is 2.48. The van der Waals surface area contributed by atoms with Gasteiger partial charge in [0.1, 0.15) is 0 Å². The molecule has 0 unspecified atom stereocenters. The van der Waals surface area contributed by atoms with Crippen LogP contribution in [0.5, 0.6) is 0 Å². The Kier molecular flexibility index (Phi) is 3.15. The lowest BCUT2D eigenvalue weighted by atomic mass is 10.0. The van der Waals surface area contributed by atoms with Crippen LogP contribution in [0.3, 0.4) is 0 Å². The molecule has 1 N–H and O–H groups in total. The molecule has 2 aliphatic rings. The molecule has 0 spiro atoms. The molecule has 2 saturated carbocycles. The summed E-state index contributed by atoms with van der Waals surface area (Å²) in [7, 11) is 0. The summed E-state index contributed by atoms with van der Waals surface area (Å²) in [5.74, 6) is 0.981. The van der Waals surface area contributed by atoms with E-state index < -0.39 is 0 Å². The number of carbonyl (C=O) groups excluding carboxylic acids is 1. The topological polar surface area (TPSA) is 29.1 Å². The predicted molar refractivity (Wildman–Crippen MR) is 60.4 cm³/mol. The Morgan fingerprint density at radius 1 is 1.43 bits per heavy atom. The van der Waals surface area contributed by atoms with Crippen LogP contribution < -0.4 is 5.32 Å². The van der Waals surface area contributed by atoms with E-state index in [-0.39, 0.29) is 5.91 Å². The Morgan fingerprint density at radius 2 is 2.14 bits per heavy atom. The average molecular weight is 260 g/mol. The highest BCUT2D eigenvalue weighted by Gasteiger charge is 2.41. The molecule has 0 bridgehead atoms. The van der Waals surface area contributed by atoms with Gasteiger partial charge in [0.15, 0.2) is 0 Å². The van der Waals surface area contributed by atoms with E-state index in [4.69, 9.17) is 0 Å². The highest BCUT2D eigenvalue weighted by molar-refractivity contribution is 9.09. The average Bonchev–Trinajstić information content (AvgIpc) is 3.00. The molecule has 0 radical (unpaired) electrons. The zero-order valence-corrected chi connectivity index (χ0v) is 10.1. The number of nitrogens with one attached hydrogen (secondary N) is 1. The van der Waals surface area contributed by atoms with Gasteiger partial charge in [0.05, 0.1) is 0 Å². The van der Waals surface area contributed by atoms with Crippen molar-refractivity contribution in [2.75, 3.05) is 11.9 Å². The fourth-order valence-electron chi connectivity index (χ4n) is 1.83. The van der Waals surface area contributed by atoms with Crippen LogP contribution in [-0.2, 0) is 4.79 Å². The molecule has 0 aromatic carbocycles. The molecule has 2 nitrogen and oxygen atoms in total. The van der Waals surface area contributed by atoms with Gasteiger partial charge in [-0.05, 0) is 43.4 Å². The Hall–Kier alpha value is -0.0500. The normalized spacial score (nSPS) is 23.2. The smallest absolute Gasteiger partial charge is 0.220 e. The monoisotopic (exact) mass is 259 g/mol. The third-order valence-electron chi connectivity index (χ3n) is 3.41. The van der Waals surface area contributed by atoms with E-state index in [0.29, 0.717) is 11.3 Å². The van der Waals surface area contributed by atoms with Crippen molar-refractivity contribution >= 4 is 21.8 Å². The quantitative estimate of drug-likeness (QED) is 0.730. The maximum atomic E-state index is 11.4. The van der Waals surface area contributed by atoms with Crippen molar-refractivity contribution in [1.29, 1.82) is 0 Å². The van der Waals surface area contributed by atoms with E-state index in [0.717, 1.165) is 18.3 Å². The second-order valence-corrected chi connectivity index (χ2v) is 5.66. The maximum absolute atomic E-state index is 11.4. The number of alkyl halides is 1. The first-order chi connectivity index (χ1) is 6.74. The van der Waals surface area contributed by atoms with Crippen molar-refractivity contribution in [1.82, 2.24) is 5.32 Å². The van der Waals surface area contributed by atoms with Crippen LogP contribution >= 0.6 is 15.9 Å². The van der Waals surface area contributed by atoms with Crippen LogP contribution in [0.1, 0.15) is 38.5 Å². The molecule has 0 aromatic rings. The van der Waals surface area contributed by atoms with Gasteiger partial charge >= 0.3 is 0 Å². The molecule has 1 amide bonds. The maximum Gasteiger partial charge on any atom is 0.220 e. The highest BCUT2D eigenvalue weighted by atomic mass is 79.9. The Morgan fingerprint density at radius 3 is 2.64 bits per heavy atom. The zero-order valence-electron chi connectivity index (χ0n) is 8.52. The van der Waals surface area contributed by atoms with Gasteiger partial charge in [-0.25, -0.2) is 0 Å². The molecular weight excluding hydrogens is 242 g/mol. The molecule has 2 fully saturated rings. The van der Waals surface area contributed by atoms with Gasteiger partial charge in [-0.15, -0.1) is 0 Å². The van der Waals surface area contributed by atoms with E-state index in [1.165, 1.54) is 32.1 Å². The van der Waals surface area contributed by atoms with Crippen molar-refractivity contribution in [3.63, 3.8) is 0 Å². The SMILES string of the molecule is O=C(CC1CC1)NCC1(CCBr)CC1. The first kappa shape index (κ1) is 10.5. The van der Waals surface area contributed by atoms with Gasteiger partial charge in [-0.2, -0.15) is 0 Å². The van der Waals surface area contributed by atoms with Crippen LogP contribution in [0.15, 0.2) is 0 Å². The number of hydrogen-bond acceptors (Lipinski definition) is 1. The summed E-state index contributed by atoms with van der Waals surface area (Å²) in [6.07, 6.45) is 7.09. The van der Waals surface area contributed by atoms with Crippen LogP contribution in [0.25, 0.3) is 0 Å². The van der Waals surface area contributed by atoms with Gasteiger partial charge in [-0.3, -0.25) is 4.79 Å². The summed E-state index contributed by atoms with van der Waals surface area (Å²) in [5.41, 5.74) is 0.461. The fourth-order valence-corrected chi connectivity index (χ4v) is 2.68. The second-order valence-electron chi connectivity index (χ2n) is 4.86. The molecule has 2 rings (SSSR count). The van der Waals surface area contributed by atoms with Crippen LogP contribution in [0, 0.1) is 11.3 Å². The standard InChI is InChI=1S/C11H18BrNO/c12-6-5-11(3-4-11)8-13-10(14)7-9-1-2-9/h9H,1-8H2,(H,13,14). The lowest BCUT2D eigenvalue weighted by Gasteiger charge is -2.14. The number of halogens is 1. The summed E-state index contributed by atoms with van der Waals surface area (Å²) < 4.78 is 0. The first-order valence-electron chi connectivity index (χ1n) is 5.57. The van der Waals surface area contributed by atoms with Crippen molar-refractivity contribution in [2.45, 2.75) is 38.5 Å². The minimum absolute atomic E-state index is 0.272. The summed E-state index contributed by atoms with van der Waals surface area (Å²) in [5, 5.41) is 4.14. The third kappa shape index (κ3) is 2.97. The Bertz CT molecular complexity index is 221. The van der Waals surface area contributed by atoms with Gasteiger partial charge in [-0.1, -0.05) is 15.9 Å². The minimum Gasteiger partial charge on any atom is -0.356 e. The summed E-state index contributed by atoms with van der Waals surface area (Å²) in [6, 6.07) is 0. The molecule has 0 atom stereocenters. The minimum atomic E-state index is 0.272. The van der Waals surface area contributed by atoms with Crippen LogP contribution in [0.4, 0.5) is 0 Å². The van der Waals surface area contributed by atoms with Gasteiger partial charge in [0.2, 0.25) is 5.91 Å². The van der Waals surface area contributed by atoms with Gasteiger partial charge in [0, 0.05) is 18.3 Å². The van der Waals surface area contributed by atoms with E-state index in [9.17, 15) is 4.79 Å². The van der Waals surface area contributed by atoms with E-state index in [2.05, 4.69) is 21.2 Å². The molecular formula is C11H18BrNO. The second kappa shape index (κ2) is 4.21.